The fourth-order valence-electron chi connectivity index (χ4n) is 4.70. The average molecular weight is 429 g/mol. The molecule has 2 N–H and O–H groups in total. The summed E-state index contributed by atoms with van der Waals surface area (Å²) in [6.07, 6.45) is 3.31. The maximum atomic E-state index is 13.1. The van der Waals surface area contributed by atoms with Crippen molar-refractivity contribution in [1.82, 2.24) is 15.5 Å². The van der Waals surface area contributed by atoms with Crippen molar-refractivity contribution in [3.63, 3.8) is 0 Å². The second-order valence-electron chi connectivity index (χ2n) is 8.22. The number of hydrogen-bond donors (Lipinski definition) is 2. The number of amides is 4. The van der Waals surface area contributed by atoms with Gasteiger partial charge < -0.3 is 10.2 Å². The third kappa shape index (κ3) is 4.35. The Labute approximate surface area is 183 Å². The van der Waals surface area contributed by atoms with Gasteiger partial charge in [0.05, 0.1) is 11.1 Å². The Morgan fingerprint density at radius 2 is 1.84 bits per heavy atom. The van der Waals surface area contributed by atoms with Gasteiger partial charge >= 0.3 is 0 Å². The van der Waals surface area contributed by atoms with E-state index in [4.69, 9.17) is 0 Å². The summed E-state index contributed by atoms with van der Waals surface area (Å²) in [5.74, 6) is -1.93. The Balaban J connectivity index is 1.87. The van der Waals surface area contributed by atoms with Gasteiger partial charge in [0.15, 0.2) is 0 Å². The van der Waals surface area contributed by atoms with E-state index in [9.17, 15) is 19.2 Å². The first kappa shape index (κ1) is 22.9. The Morgan fingerprint density at radius 3 is 2.45 bits per heavy atom. The topological polar surface area (TPSA) is 98.8 Å². The number of carbonyl (C=O) groups is 4. The van der Waals surface area contributed by atoms with Crippen molar-refractivity contribution in [3.8, 4) is 0 Å². The number of anilines is 1. The minimum Gasteiger partial charge on any atom is -0.370 e. The number of imide groups is 2. The Bertz CT molecular complexity index is 878. The van der Waals surface area contributed by atoms with Gasteiger partial charge in [-0.25, -0.2) is 0 Å². The largest absolute Gasteiger partial charge is 0.370 e. The molecule has 4 amide bonds. The first-order valence-corrected chi connectivity index (χ1v) is 11.2. The van der Waals surface area contributed by atoms with Gasteiger partial charge in [-0.3, -0.25) is 29.4 Å². The lowest BCUT2D eigenvalue weighted by molar-refractivity contribution is -0.136. The molecule has 8 heteroatoms. The highest BCUT2D eigenvalue weighted by molar-refractivity contribution is 6.23. The van der Waals surface area contributed by atoms with Gasteiger partial charge in [0.2, 0.25) is 11.8 Å². The fraction of sp³-hybridized carbons (Fsp3) is 0.565. The zero-order valence-corrected chi connectivity index (χ0v) is 18.7. The molecule has 0 aromatic heterocycles. The number of carbonyl (C=O) groups excluding carboxylic acids is 4. The van der Waals surface area contributed by atoms with Crippen molar-refractivity contribution in [2.24, 2.45) is 0 Å². The Hall–Kier alpha value is -2.74. The lowest BCUT2D eigenvalue weighted by Crippen LogP contribution is -2.54. The summed E-state index contributed by atoms with van der Waals surface area (Å²) < 4.78 is 0. The van der Waals surface area contributed by atoms with Crippen LogP contribution >= 0.6 is 0 Å². The number of likely N-dealkylation sites (N-methyl/N-ethyl adjacent to an activating group) is 2. The lowest BCUT2D eigenvalue weighted by Gasteiger charge is -2.36. The number of hydrogen-bond acceptors (Lipinski definition) is 6. The summed E-state index contributed by atoms with van der Waals surface area (Å²) in [6.45, 7) is 7.29. The maximum Gasteiger partial charge on any atom is 0.262 e. The molecule has 31 heavy (non-hydrogen) atoms. The van der Waals surface area contributed by atoms with E-state index in [2.05, 4.69) is 36.3 Å². The highest BCUT2D eigenvalue weighted by Crippen LogP contribution is 2.31. The molecule has 2 aliphatic rings. The smallest absolute Gasteiger partial charge is 0.262 e. The van der Waals surface area contributed by atoms with Crippen LogP contribution in [-0.2, 0) is 9.59 Å². The number of fused-ring (bicyclic) bond motifs is 1. The van der Waals surface area contributed by atoms with Crippen LogP contribution in [0.25, 0.3) is 0 Å². The molecule has 3 rings (SSSR count). The molecule has 168 valence electrons. The quantitative estimate of drug-likeness (QED) is 0.585. The zero-order chi connectivity index (χ0) is 22.7. The molecule has 0 saturated carbocycles. The second-order valence-corrected chi connectivity index (χ2v) is 8.22. The third-order valence-corrected chi connectivity index (χ3v) is 6.28. The van der Waals surface area contributed by atoms with Gasteiger partial charge in [0.25, 0.3) is 11.8 Å². The van der Waals surface area contributed by atoms with E-state index in [0.29, 0.717) is 17.2 Å². The van der Waals surface area contributed by atoms with E-state index in [-0.39, 0.29) is 24.8 Å². The predicted octanol–water partition coefficient (Wildman–Crippen LogP) is 2.08. The fourth-order valence-corrected chi connectivity index (χ4v) is 4.70. The number of benzene rings is 1. The molecule has 0 bridgehead atoms. The normalized spacial score (nSPS) is 20.5. The molecular formula is C23H32N4O4. The molecule has 2 aliphatic heterocycles. The van der Waals surface area contributed by atoms with Crippen molar-refractivity contribution < 1.29 is 19.2 Å². The molecule has 0 aliphatic carbocycles. The predicted molar refractivity (Wildman–Crippen MR) is 118 cm³/mol. The molecule has 1 aromatic rings. The summed E-state index contributed by atoms with van der Waals surface area (Å²) in [6, 6.07) is 4.88. The number of nitrogens with one attached hydrogen (secondary N) is 2. The lowest BCUT2D eigenvalue weighted by atomic mass is 9.98. The van der Waals surface area contributed by atoms with Gasteiger partial charge in [0.1, 0.15) is 6.04 Å². The number of nitrogens with zero attached hydrogens (tertiary/aromatic N) is 2. The summed E-state index contributed by atoms with van der Waals surface area (Å²) >= 11 is 0. The summed E-state index contributed by atoms with van der Waals surface area (Å²) in [4.78, 5) is 52.9. The van der Waals surface area contributed by atoms with Gasteiger partial charge in [0, 0.05) is 31.2 Å². The molecule has 1 saturated heterocycles. The first-order chi connectivity index (χ1) is 14.8. The van der Waals surface area contributed by atoms with Crippen LogP contribution in [0.2, 0.25) is 0 Å². The minimum atomic E-state index is -0.947. The number of piperidine rings is 1. The third-order valence-electron chi connectivity index (χ3n) is 6.28. The number of rotatable bonds is 9. The van der Waals surface area contributed by atoms with Crippen LogP contribution in [0.15, 0.2) is 18.2 Å². The Kier molecular flexibility index (Phi) is 7.10. The zero-order valence-electron chi connectivity index (χ0n) is 18.7. The SMILES string of the molecule is CCCC(NCC)C(CC)N(C)c1ccc2c(c1)C(=O)N(C1CCC(=O)NC1=O)C2=O. The molecule has 0 spiro atoms. The summed E-state index contributed by atoms with van der Waals surface area (Å²) in [5, 5.41) is 5.79. The van der Waals surface area contributed by atoms with E-state index in [1.807, 2.05) is 13.1 Å². The summed E-state index contributed by atoms with van der Waals surface area (Å²) in [5.41, 5.74) is 1.47. The standard InChI is InChI=1S/C23H32N4O4/c1-5-8-17(24-7-3)18(6-2)26(4)14-9-10-15-16(13-14)23(31)27(22(15)30)19-11-12-20(28)25-21(19)29/h9-10,13,17-19,24H,5-8,11-12H2,1-4H3,(H,25,28,29). The average Bonchev–Trinajstić information content (AvgIpc) is 2.99. The molecule has 8 nitrogen and oxygen atoms in total. The molecule has 3 unspecified atom stereocenters. The molecule has 1 fully saturated rings. The molecule has 2 heterocycles. The molecule has 1 aromatic carbocycles. The van der Waals surface area contributed by atoms with E-state index >= 15 is 0 Å². The van der Waals surface area contributed by atoms with Crippen LogP contribution in [-0.4, -0.2) is 60.2 Å². The van der Waals surface area contributed by atoms with Crippen molar-refractivity contribution in [1.29, 1.82) is 0 Å². The van der Waals surface area contributed by atoms with Crippen molar-refractivity contribution in [3.05, 3.63) is 29.3 Å². The van der Waals surface area contributed by atoms with Gasteiger partial charge in [-0.2, -0.15) is 0 Å². The van der Waals surface area contributed by atoms with Crippen LogP contribution < -0.4 is 15.5 Å². The Morgan fingerprint density at radius 1 is 1.13 bits per heavy atom. The van der Waals surface area contributed by atoms with Gasteiger partial charge in [-0.05, 0) is 44.0 Å². The van der Waals surface area contributed by atoms with E-state index in [0.717, 1.165) is 36.4 Å². The van der Waals surface area contributed by atoms with Crippen molar-refractivity contribution in [2.45, 2.75) is 71.0 Å². The van der Waals surface area contributed by atoms with Crippen molar-refractivity contribution in [2.75, 3.05) is 18.5 Å². The van der Waals surface area contributed by atoms with Crippen LogP contribution in [0.5, 0.6) is 0 Å². The first-order valence-electron chi connectivity index (χ1n) is 11.2. The van der Waals surface area contributed by atoms with E-state index in [1.54, 1.807) is 12.1 Å². The van der Waals surface area contributed by atoms with Crippen LogP contribution in [0.3, 0.4) is 0 Å². The van der Waals surface area contributed by atoms with Crippen LogP contribution in [0.1, 0.15) is 73.6 Å². The van der Waals surface area contributed by atoms with Gasteiger partial charge in [-0.1, -0.05) is 27.2 Å². The molecule has 3 atom stereocenters. The van der Waals surface area contributed by atoms with Crippen LogP contribution in [0, 0.1) is 0 Å². The van der Waals surface area contributed by atoms with E-state index < -0.39 is 23.8 Å². The van der Waals surface area contributed by atoms with Gasteiger partial charge in [-0.15, -0.1) is 0 Å². The monoisotopic (exact) mass is 428 g/mol. The van der Waals surface area contributed by atoms with Crippen LogP contribution in [0.4, 0.5) is 5.69 Å². The minimum absolute atomic E-state index is 0.110. The van der Waals surface area contributed by atoms with Crippen molar-refractivity contribution >= 4 is 29.3 Å². The summed E-state index contributed by atoms with van der Waals surface area (Å²) in [7, 11) is 2.01. The molecular weight excluding hydrogens is 396 g/mol. The van der Waals surface area contributed by atoms with E-state index in [1.165, 1.54) is 0 Å². The highest BCUT2D eigenvalue weighted by atomic mass is 16.2. The molecule has 0 radical (unpaired) electrons. The maximum absolute atomic E-state index is 13.1. The highest BCUT2D eigenvalue weighted by Gasteiger charge is 2.44. The second kappa shape index (κ2) is 9.60.